The van der Waals surface area contributed by atoms with Crippen LogP contribution in [0.1, 0.15) is 64.4 Å². The first-order valence-corrected chi connectivity index (χ1v) is 16.6. The first-order valence-electron chi connectivity index (χ1n) is 14.0. The highest BCUT2D eigenvalue weighted by Gasteiger charge is 2.47. The van der Waals surface area contributed by atoms with Gasteiger partial charge in [-0.1, -0.05) is 6.07 Å². The lowest BCUT2D eigenvalue weighted by molar-refractivity contribution is -0.148. The molecule has 1 aromatic carbocycles. The van der Waals surface area contributed by atoms with Crippen molar-refractivity contribution >= 4 is 46.7 Å². The number of carbonyl (C=O) groups excluding carboxylic acids is 3. The number of aromatic nitrogens is 1. The van der Waals surface area contributed by atoms with Gasteiger partial charge in [-0.15, -0.1) is 11.3 Å². The summed E-state index contributed by atoms with van der Waals surface area (Å²) in [6.45, 7) is 3.29. The zero-order valence-electron chi connectivity index (χ0n) is 22.7. The second kappa shape index (κ2) is 10.9. The predicted molar refractivity (Wildman–Crippen MR) is 155 cm³/mol. The van der Waals surface area contributed by atoms with Gasteiger partial charge in [0, 0.05) is 42.1 Å². The van der Waals surface area contributed by atoms with Gasteiger partial charge >= 0.3 is 7.60 Å². The maximum Gasteiger partial charge on any atom is 0.329 e. The zero-order valence-corrected chi connectivity index (χ0v) is 24.4. The number of nitrogens with zero attached hydrogens (tertiary/aromatic N) is 3. The monoisotopic (exact) mass is 596 g/mol. The summed E-state index contributed by atoms with van der Waals surface area (Å²) in [4.78, 5) is 67.4. The molecule has 0 unspecified atom stereocenters. The normalized spacial score (nSPS) is 23.3. The fourth-order valence-electron chi connectivity index (χ4n) is 6.48. The van der Waals surface area contributed by atoms with Gasteiger partial charge in [-0.25, -0.2) is 0 Å². The molecule has 5 heterocycles. The molecule has 3 saturated heterocycles. The summed E-state index contributed by atoms with van der Waals surface area (Å²) in [5.41, 5.74) is 2.82. The van der Waals surface area contributed by atoms with Crippen molar-refractivity contribution in [1.82, 2.24) is 20.1 Å². The van der Waals surface area contributed by atoms with Gasteiger partial charge < -0.3 is 24.9 Å². The number of aryl methyl sites for hydroxylation is 1. The first-order chi connectivity index (χ1) is 19.6. The van der Waals surface area contributed by atoms with Crippen molar-refractivity contribution in [3.05, 3.63) is 64.3 Å². The van der Waals surface area contributed by atoms with E-state index in [1.807, 2.05) is 17.2 Å². The van der Waals surface area contributed by atoms with Gasteiger partial charge in [-0.2, -0.15) is 0 Å². The highest BCUT2D eigenvalue weighted by Crippen LogP contribution is 2.40. The lowest BCUT2D eigenvalue weighted by atomic mass is 9.89. The number of nitrogens with one attached hydrogen (secondary N) is 1. The summed E-state index contributed by atoms with van der Waals surface area (Å²) in [5, 5.41) is 3.65. The zero-order chi connectivity index (χ0) is 28.9. The summed E-state index contributed by atoms with van der Waals surface area (Å²) in [7, 11) is -4.21. The fourth-order valence-corrected chi connectivity index (χ4v) is 8.10. The summed E-state index contributed by atoms with van der Waals surface area (Å²) >= 11 is 1.27. The van der Waals surface area contributed by atoms with Crippen molar-refractivity contribution in [1.29, 1.82) is 0 Å². The van der Waals surface area contributed by atoms with Gasteiger partial charge in [0.1, 0.15) is 12.1 Å². The molecule has 41 heavy (non-hydrogen) atoms. The van der Waals surface area contributed by atoms with Gasteiger partial charge in [0.05, 0.1) is 11.0 Å². The van der Waals surface area contributed by atoms with E-state index < -0.39 is 19.7 Å². The minimum atomic E-state index is -4.21. The lowest BCUT2D eigenvalue weighted by Gasteiger charge is -2.43. The molecule has 3 fully saturated rings. The largest absolute Gasteiger partial charge is 0.340 e. The fraction of sp³-hybridized carbons (Fsp3) is 0.448. The molecule has 6 rings (SSSR count). The minimum Gasteiger partial charge on any atom is -0.340 e. The Morgan fingerprint density at radius 1 is 1.12 bits per heavy atom. The molecule has 2 aromatic heterocycles. The summed E-state index contributed by atoms with van der Waals surface area (Å²) in [6, 6.07) is 7.54. The van der Waals surface area contributed by atoms with Crippen LogP contribution in [0, 0.1) is 6.92 Å². The third-order valence-electron chi connectivity index (χ3n) is 8.58. The van der Waals surface area contributed by atoms with Gasteiger partial charge in [-0.3, -0.25) is 23.9 Å². The number of amides is 3. The van der Waals surface area contributed by atoms with E-state index >= 15 is 0 Å². The van der Waals surface area contributed by atoms with Crippen molar-refractivity contribution in [3.63, 3.8) is 0 Å². The molecule has 3 atom stereocenters. The van der Waals surface area contributed by atoms with E-state index in [-0.39, 0.29) is 35.8 Å². The smallest absolute Gasteiger partial charge is 0.329 e. The van der Waals surface area contributed by atoms with Gasteiger partial charge in [0.15, 0.2) is 0 Å². The number of carbonyl (C=O) groups is 3. The molecular formula is C29H33N4O6PS. The van der Waals surface area contributed by atoms with Crippen LogP contribution in [0.5, 0.6) is 0 Å². The third-order valence-corrected chi connectivity index (χ3v) is 10.5. The number of likely N-dealkylation sites (tertiary alicyclic amines) is 1. The summed E-state index contributed by atoms with van der Waals surface area (Å²) in [5.74, 6) is -0.312. The molecule has 3 N–H and O–H groups in total. The van der Waals surface area contributed by atoms with Crippen LogP contribution in [-0.4, -0.2) is 73.5 Å². The van der Waals surface area contributed by atoms with Crippen LogP contribution in [0.15, 0.2) is 42.7 Å². The van der Waals surface area contributed by atoms with E-state index in [0.29, 0.717) is 36.4 Å². The molecule has 3 amide bonds. The van der Waals surface area contributed by atoms with E-state index in [4.69, 9.17) is 0 Å². The number of hydrogen-bond acceptors (Lipinski definition) is 6. The van der Waals surface area contributed by atoms with E-state index in [1.54, 1.807) is 35.4 Å². The Labute approximate surface area is 241 Å². The second-order valence-electron chi connectivity index (χ2n) is 11.4. The van der Waals surface area contributed by atoms with Crippen LogP contribution in [0.3, 0.4) is 0 Å². The average Bonchev–Trinajstić information content (AvgIpc) is 3.47. The maximum absolute atomic E-state index is 13.8. The minimum absolute atomic E-state index is 0.00719. The molecule has 0 aliphatic carbocycles. The van der Waals surface area contributed by atoms with Gasteiger partial charge in [0.2, 0.25) is 11.8 Å². The van der Waals surface area contributed by atoms with Crippen LogP contribution >= 0.6 is 18.9 Å². The highest BCUT2D eigenvalue weighted by molar-refractivity contribution is 7.50. The predicted octanol–water partition coefficient (Wildman–Crippen LogP) is 3.55. The molecule has 3 aromatic rings. The van der Waals surface area contributed by atoms with Crippen LogP contribution in [0.2, 0.25) is 0 Å². The molecule has 0 spiro atoms. The molecule has 0 saturated carbocycles. The standard InChI is InChI=1S/C29H33N4O6PS/c1-17-9-10-30-13-22(17)20-14-32(15-20)29(36)24-7-6-21-3-2-4-23(28(35)33(21)24)31-27(34)26-12-19-11-18(16-40(37,38)39)5-8-25(19)41-26/h5,8-13,20-21,23-24H,2-4,6-7,14-16H2,1H3,(H,31,34)(H2,37,38,39)/t21-,23-,24-/m0/s1. The molecule has 0 bridgehead atoms. The lowest BCUT2D eigenvalue weighted by Crippen LogP contribution is -2.58. The second-order valence-corrected chi connectivity index (χ2v) is 14.2. The Kier molecular flexibility index (Phi) is 7.48. The van der Waals surface area contributed by atoms with Crippen LogP contribution in [0.4, 0.5) is 0 Å². The van der Waals surface area contributed by atoms with Crippen molar-refractivity contribution in [2.75, 3.05) is 13.1 Å². The van der Waals surface area contributed by atoms with Crippen LogP contribution in [0.25, 0.3) is 10.1 Å². The first kappa shape index (κ1) is 28.0. The van der Waals surface area contributed by atoms with E-state index in [9.17, 15) is 28.7 Å². The number of pyridine rings is 1. The maximum atomic E-state index is 13.8. The highest BCUT2D eigenvalue weighted by atomic mass is 32.1. The van der Waals surface area contributed by atoms with Gasteiger partial charge in [-0.05, 0) is 85.4 Å². The molecule has 12 heteroatoms. The molecule has 216 valence electrons. The number of fused-ring (bicyclic) bond motifs is 2. The topological polar surface area (TPSA) is 140 Å². The molecule has 3 aliphatic rings. The average molecular weight is 597 g/mol. The quantitative estimate of drug-likeness (QED) is 0.370. The molecule has 10 nitrogen and oxygen atoms in total. The Morgan fingerprint density at radius 2 is 1.93 bits per heavy atom. The van der Waals surface area contributed by atoms with Crippen LogP contribution < -0.4 is 5.32 Å². The summed E-state index contributed by atoms with van der Waals surface area (Å²) < 4.78 is 12.2. The summed E-state index contributed by atoms with van der Waals surface area (Å²) in [6.07, 6.45) is 6.80. The Bertz CT molecular complexity index is 1560. The molecular weight excluding hydrogens is 563 g/mol. The van der Waals surface area contributed by atoms with Crippen molar-refractivity contribution in [2.45, 2.75) is 69.2 Å². The SMILES string of the molecule is Cc1ccncc1C1CN(C(=O)[C@@H]2CC[C@@H]3CCC[C@H](NC(=O)c4cc5cc(CP(=O)(O)O)ccc5s4)C(=O)N32)C1. The Hall–Kier alpha value is -3.11. The van der Waals surface area contributed by atoms with E-state index in [0.717, 1.165) is 34.9 Å². The van der Waals surface area contributed by atoms with Crippen molar-refractivity contribution in [3.8, 4) is 0 Å². The van der Waals surface area contributed by atoms with Crippen molar-refractivity contribution in [2.24, 2.45) is 0 Å². The van der Waals surface area contributed by atoms with E-state index in [1.165, 1.54) is 16.9 Å². The van der Waals surface area contributed by atoms with Crippen LogP contribution in [-0.2, 0) is 20.3 Å². The van der Waals surface area contributed by atoms with Gasteiger partial charge in [0.25, 0.3) is 5.91 Å². The third kappa shape index (κ3) is 5.68. The number of thiophene rings is 1. The number of benzene rings is 1. The van der Waals surface area contributed by atoms with Crippen molar-refractivity contribution < 1.29 is 28.7 Å². The Balaban J connectivity index is 1.13. The number of rotatable bonds is 6. The Morgan fingerprint density at radius 3 is 2.68 bits per heavy atom. The number of hydrogen-bond donors (Lipinski definition) is 3. The molecule has 0 radical (unpaired) electrons. The molecule has 3 aliphatic heterocycles. The van der Waals surface area contributed by atoms with E-state index in [2.05, 4.69) is 17.2 Å².